The Bertz CT molecular complexity index is 508. The number of carboxylic acid groups (broad SMARTS) is 1. The first-order chi connectivity index (χ1) is 8.66. The van der Waals surface area contributed by atoms with Crippen molar-refractivity contribution < 1.29 is 14.7 Å². The second-order valence-electron chi connectivity index (χ2n) is 5.12. The van der Waals surface area contributed by atoms with Gasteiger partial charge in [-0.1, -0.05) is 31.0 Å². The van der Waals surface area contributed by atoms with Crippen molar-refractivity contribution in [3.8, 4) is 0 Å². The Morgan fingerprint density at radius 3 is 2.72 bits per heavy atom. The predicted octanol–water partition coefficient (Wildman–Crippen LogP) is 1.90. The predicted molar refractivity (Wildman–Crippen MR) is 65.1 cm³/mol. The molecule has 1 aliphatic carbocycles. The Labute approximate surface area is 105 Å². The van der Waals surface area contributed by atoms with Gasteiger partial charge in [-0.15, -0.1) is 0 Å². The summed E-state index contributed by atoms with van der Waals surface area (Å²) >= 11 is 0. The van der Waals surface area contributed by atoms with E-state index < -0.39 is 12.0 Å². The van der Waals surface area contributed by atoms with Crippen LogP contribution in [0.2, 0.25) is 0 Å². The first-order valence-electron chi connectivity index (χ1n) is 6.28. The number of hydrogen-bond donors (Lipinski definition) is 1. The van der Waals surface area contributed by atoms with Crippen LogP contribution in [0, 0.1) is 5.92 Å². The molecule has 1 aliphatic heterocycles. The average molecular weight is 245 g/mol. The SMILES string of the molecule is O=C(O)[C@H](CC1CC1)N1Cc2ccccc2C1=O. The van der Waals surface area contributed by atoms with Crippen molar-refractivity contribution in [3.63, 3.8) is 0 Å². The summed E-state index contributed by atoms with van der Waals surface area (Å²) in [6, 6.07) is 6.69. The number of carbonyl (C=O) groups is 2. The van der Waals surface area contributed by atoms with Gasteiger partial charge in [0.1, 0.15) is 6.04 Å². The van der Waals surface area contributed by atoms with Gasteiger partial charge in [-0.3, -0.25) is 4.79 Å². The van der Waals surface area contributed by atoms with Crippen molar-refractivity contribution in [1.29, 1.82) is 0 Å². The third-order valence-corrected chi connectivity index (χ3v) is 3.76. The molecular formula is C14H15NO3. The molecule has 1 fully saturated rings. The van der Waals surface area contributed by atoms with Crippen LogP contribution in [-0.2, 0) is 11.3 Å². The van der Waals surface area contributed by atoms with Crippen LogP contribution < -0.4 is 0 Å². The minimum atomic E-state index is -0.886. The van der Waals surface area contributed by atoms with Gasteiger partial charge in [0.25, 0.3) is 5.91 Å². The number of amides is 1. The highest BCUT2D eigenvalue weighted by Crippen LogP contribution is 2.36. The highest BCUT2D eigenvalue weighted by Gasteiger charge is 2.39. The summed E-state index contributed by atoms with van der Waals surface area (Å²) in [7, 11) is 0. The number of nitrogens with zero attached hydrogens (tertiary/aromatic N) is 1. The lowest BCUT2D eigenvalue weighted by Crippen LogP contribution is -2.41. The lowest BCUT2D eigenvalue weighted by molar-refractivity contribution is -0.142. The molecule has 0 aromatic heterocycles. The molecule has 4 heteroatoms. The molecule has 94 valence electrons. The normalized spacial score (nSPS) is 19.8. The van der Waals surface area contributed by atoms with Gasteiger partial charge in [-0.2, -0.15) is 0 Å². The highest BCUT2D eigenvalue weighted by atomic mass is 16.4. The monoisotopic (exact) mass is 245 g/mol. The molecular weight excluding hydrogens is 230 g/mol. The maximum Gasteiger partial charge on any atom is 0.326 e. The Morgan fingerprint density at radius 2 is 2.11 bits per heavy atom. The van der Waals surface area contributed by atoms with Crippen LogP contribution in [0.15, 0.2) is 24.3 Å². The van der Waals surface area contributed by atoms with Crippen molar-refractivity contribution in [2.45, 2.75) is 31.8 Å². The van der Waals surface area contributed by atoms with E-state index in [0.29, 0.717) is 24.4 Å². The lowest BCUT2D eigenvalue weighted by atomic mass is 10.1. The lowest BCUT2D eigenvalue weighted by Gasteiger charge is -2.24. The molecule has 1 heterocycles. The number of hydrogen-bond acceptors (Lipinski definition) is 2. The van der Waals surface area contributed by atoms with Crippen LogP contribution in [0.4, 0.5) is 0 Å². The van der Waals surface area contributed by atoms with E-state index in [0.717, 1.165) is 18.4 Å². The standard InChI is InChI=1S/C14H15NO3/c16-13-11-4-2-1-3-10(11)8-15(13)12(14(17)18)7-9-5-6-9/h1-4,9,12H,5-8H2,(H,17,18)/t12-/m0/s1. The molecule has 1 aromatic rings. The maximum atomic E-state index is 12.2. The van der Waals surface area contributed by atoms with Gasteiger partial charge in [0, 0.05) is 12.1 Å². The van der Waals surface area contributed by atoms with E-state index in [2.05, 4.69) is 0 Å². The topological polar surface area (TPSA) is 57.6 Å². The Morgan fingerprint density at radius 1 is 1.39 bits per heavy atom. The fourth-order valence-corrected chi connectivity index (χ4v) is 2.56. The number of aliphatic carboxylic acids is 1. The molecule has 3 rings (SSSR count). The van der Waals surface area contributed by atoms with E-state index in [1.165, 1.54) is 4.90 Å². The molecule has 1 saturated carbocycles. The zero-order valence-corrected chi connectivity index (χ0v) is 10.0. The smallest absolute Gasteiger partial charge is 0.326 e. The van der Waals surface area contributed by atoms with E-state index in [1.807, 2.05) is 18.2 Å². The van der Waals surface area contributed by atoms with E-state index in [1.54, 1.807) is 6.07 Å². The van der Waals surface area contributed by atoms with Gasteiger partial charge >= 0.3 is 5.97 Å². The molecule has 1 N–H and O–H groups in total. The third kappa shape index (κ3) is 1.88. The number of benzene rings is 1. The van der Waals surface area contributed by atoms with Crippen LogP contribution in [0.3, 0.4) is 0 Å². The fourth-order valence-electron chi connectivity index (χ4n) is 2.56. The van der Waals surface area contributed by atoms with Crippen LogP contribution in [0.25, 0.3) is 0 Å². The number of fused-ring (bicyclic) bond motifs is 1. The molecule has 0 bridgehead atoms. The maximum absolute atomic E-state index is 12.2. The van der Waals surface area contributed by atoms with E-state index in [-0.39, 0.29) is 5.91 Å². The average Bonchev–Trinajstić information content (AvgIpc) is 3.12. The number of rotatable bonds is 4. The summed E-state index contributed by atoms with van der Waals surface area (Å²) < 4.78 is 0. The van der Waals surface area contributed by atoms with Crippen molar-refractivity contribution in [2.24, 2.45) is 5.92 Å². The molecule has 1 amide bonds. The van der Waals surface area contributed by atoms with Gasteiger partial charge in [-0.25, -0.2) is 4.79 Å². The van der Waals surface area contributed by atoms with Gasteiger partial charge in [0.05, 0.1) is 0 Å². The zero-order valence-electron chi connectivity index (χ0n) is 10.0. The minimum absolute atomic E-state index is 0.140. The van der Waals surface area contributed by atoms with Crippen molar-refractivity contribution in [2.75, 3.05) is 0 Å². The van der Waals surface area contributed by atoms with Gasteiger partial charge < -0.3 is 10.0 Å². The van der Waals surface area contributed by atoms with E-state index in [9.17, 15) is 14.7 Å². The van der Waals surface area contributed by atoms with Crippen LogP contribution in [-0.4, -0.2) is 27.9 Å². The molecule has 1 aromatic carbocycles. The summed E-state index contributed by atoms with van der Waals surface area (Å²) in [5.41, 5.74) is 1.59. The van der Waals surface area contributed by atoms with Crippen LogP contribution in [0.5, 0.6) is 0 Å². The molecule has 18 heavy (non-hydrogen) atoms. The summed E-state index contributed by atoms with van der Waals surface area (Å²) in [4.78, 5) is 25.1. The first-order valence-corrected chi connectivity index (χ1v) is 6.28. The zero-order chi connectivity index (χ0) is 12.7. The molecule has 0 spiro atoms. The van der Waals surface area contributed by atoms with Gasteiger partial charge in [0.2, 0.25) is 0 Å². The van der Waals surface area contributed by atoms with E-state index >= 15 is 0 Å². The second-order valence-corrected chi connectivity index (χ2v) is 5.12. The Kier molecular flexibility index (Phi) is 2.58. The second kappa shape index (κ2) is 4.12. The molecule has 2 aliphatic rings. The quantitative estimate of drug-likeness (QED) is 0.881. The van der Waals surface area contributed by atoms with E-state index in [4.69, 9.17) is 0 Å². The summed E-state index contributed by atoms with van der Waals surface area (Å²) in [6.45, 7) is 0.429. The number of carbonyl (C=O) groups excluding carboxylic acids is 1. The largest absolute Gasteiger partial charge is 0.480 e. The number of carboxylic acids is 1. The first kappa shape index (κ1) is 11.3. The molecule has 0 saturated heterocycles. The van der Waals surface area contributed by atoms with Crippen LogP contribution in [0.1, 0.15) is 35.2 Å². The fraction of sp³-hybridized carbons (Fsp3) is 0.429. The summed E-state index contributed by atoms with van der Waals surface area (Å²) in [5, 5.41) is 9.31. The molecule has 4 nitrogen and oxygen atoms in total. The summed E-state index contributed by atoms with van der Waals surface area (Å²) in [5.74, 6) is -0.538. The summed E-state index contributed by atoms with van der Waals surface area (Å²) in [6.07, 6.45) is 2.78. The Hall–Kier alpha value is -1.84. The van der Waals surface area contributed by atoms with Crippen molar-refractivity contribution in [3.05, 3.63) is 35.4 Å². The molecule has 1 atom stereocenters. The highest BCUT2D eigenvalue weighted by molar-refractivity contribution is 6.00. The Balaban J connectivity index is 1.84. The van der Waals surface area contributed by atoms with Crippen molar-refractivity contribution >= 4 is 11.9 Å². The van der Waals surface area contributed by atoms with Gasteiger partial charge in [0.15, 0.2) is 0 Å². The van der Waals surface area contributed by atoms with Crippen LogP contribution >= 0.6 is 0 Å². The third-order valence-electron chi connectivity index (χ3n) is 3.76. The molecule has 0 radical (unpaired) electrons. The molecule has 0 unspecified atom stereocenters. The van der Waals surface area contributed by atoms with Crippen molar-refractivity contribution in [1.82, 2.24) is 4.90 Å². The van der Waals surface area contributed by atoms with Gasteiger partial charge in [-0.05, 0) is 24.0 Å². The minimum Gasteiger partial charge on any atom is -0.480 e.